The molecule has 1 aliphatic heterocycles. The zero-order valence-electron chi connectivity index (χ0n) is 13.2. The molecule has 0 amide bonds. The second-order valence-corrected chi connectivity index (χ2v) is 6.15. The van der Waals surface area contributed by atoms with Crippen LogP contribution >= 0.6 is 0 Å². The molecule has 0 saturated heterocycles. The van der Waals surface area contributed by atoms with E-state index in [1.807, 2.05) is 6.07 Å². The van der Waals surface area contributed by atoms with Crippen LogP contribution in [-0.4, -0.2) is 24.8 Å². The zero-order valence-corrected chi connectivity index (χ0v) is 13.2. The van der Waals surface area contributed by atoms with Crippen LogP contribution in [0.3, 0.4) is 0 Å². The lowest BCUT2D eigenvalue weighted by Crippen LogP contribution is -2.34. The van der Waals surface area contributed by atoms with E-state index in [0.29, 0.717) is 12.6 Å². The summed E-state index contributed by atoms with van der Waals surface area (Å²) in [5, 5.41) is 3.51. The van der Waals surface area contributed by atoms with Crippen molar-refractivity contribution in [3.8, 4) is 11.5 Å². The lowest BCUT2D eigenvalue weighted by Gasteiger charge is -2.20. The molecule has 1 aliphatic rings. The van der Waals surface area contributed by atoms with Gasteiger partial charge in [-0.15, -0.1) is 0 Å². The van der Waals surface area contributed by atoms with Gasteiger partial charge >= 0.3 is 0 Å². The van der Waals surface area contributed by atoms with Crippen LogP contribution in [-0.2, 0) is 6.42 Å². The number of fused-ring (bicyclic) bond motifs is 1. The molecular formula is C17H27NO2. The van der Waals surface area contributed by atoms with Crippen molar-refractivity contribution in [1.82, 2.24) is 5.32 Å². The van der Waals surface area contributed by atoms with Gasteiger partial charge in [-0.25, -0.2) is 0 Å². The maximum atomic E-state index is 6.03. The molecule has 1 unspecified atom stereocenters. The van der Waals surface area contributed by atoms with Crippen LogP contribution < -0.4 is 14.8 Å². The van der Waals surface area contributed by atoms with E-state index in [9.17, 15) is 0 Å². The quantitative estimate of drug-likeness (QED) is 0.826. The number of hydrogen-bond donors (Lipinski definition) is 1. The van der Waals surface area contributed by atoms with Crippen molar-refractivity contribution in [1.29, 1.82) is 0 Å². The van der Waals surface area contributed by atoms with E-state index < -0.39 is 0 Å². The number of para-hydroxylation sites is 1. The van der Waals surface area contributed by atoms with E-state index >= 15 is 0 Å². The Bertz CT molecular complexity index is 443. The molecule has 1 aromatic rings. The van der Waals surface area contributed by atoms with E-state index in [2.05, 4.69) is 45.1 Å². The van der Waals surface area contributed by atoms with E-state index in [1.165, 1.54) is 5.56 Å². The molecule has 0 fully saturated rings. The summed E-state index contributed by atoms with van der Waals surface area (Å²) in [4.78, 5) is 0. The van der Waals surface area contributed by atoms with Crippen molar-refractivity contribution in [3.63, 3.8) is 0 Å². The molecule has 0 aromatic heterocycles. The number of nitrogens with one attached hydrogen (secondary N) is 1. The summed E-state index contributed by atoms with van der Waals surface area (Å²) in [6.45, 7) is 10.3. The Hall–Kier alpha value is -1.22. The average Bonchev–Trinajstić information content (AvgIpc) is 2.73. The van der Waals surface area contributed by atoms with E-state index in [-0.39, 0.29) is 5.60 Å². The summed E-state index contributed by atoms with van der Waals surface area (Å²) in [5.41, 5.74) is 1.13. The van der Waals surface area contributed by atoms with E-state index in [1.54, 1.807) is 0 Å². The van der Waals surface area contributed by atoms with Gasteiger partial charge in [0, 0.05) is 18.0 Å². The third kappa shape index (κ3) is 3.66. The highest BCUT2D eigenvalue weighted by atomic mass is 16.5. The van der Waals surface area contributed by atoms with Gasteiger partial charge in [-0.1, -0.05) is 26.0 Å². The second-order valence-electron chi connectivity index (χ2n) is 6.15. The van der Waals surface area contributed by atoms with Gasteiger partial charge in [0.05, 0.1) is 0 Å². The minimum absolute atomic E-state index is 0.119. The Morgan fingerprint density at radius 3 is 2.85 bits per heavy atom. The first-order valence-electron chi connectivity index (χ1n) is 7.73. The second kappa shape index (κ2) is 6.49. The van der Waals surface area contributed by atoms with Crippen molar-refractivity contribution < 1.29 is 9.47 Å². The van der Waals surface area contributed by atoms with Gasteiger partial charge in [-0.3, -0.25) is 0 Å². The fourth-order valence-electron chi connectivity index (χ4n) is 2.56. The molecule has 3 nitrogen and oxygen atoms in total. The molecule has 3 heteroatoms. The predicted molar refractivity (Wildman–Crippen MR) is 82.7 cm³/mol. The fourth-order valence-corrected chi connectivity index (χ4v) is 2.56. The smallest absolute Gasteiger partial charge is 0.165 e. The minimum atomic E-state index is -0.119. The predicted octanol–water partition coefficient (Wildman–Crippen LogP) is 3.56. The molecule has 1 N–H and O–H groups in total. The topological polar surface area (TPSA) is 30.5 Å². The van der Waals surface area contributed by atoms with Gasteiger partial charge < -0.3 is 14.8 Å². The molecule has 1 heterocycles. The molecule has 112 valence electrons. The van der Waals surface area contributed by atoms with Gasteiger partial charge in [-0.2, -0.15) is 0 Å². The summed E-state index contributed by atoms with van der Waals surface area (Å²) in [5.74, 6) is 1.81. The Morgan fingerprint density at radius 2 is 2.15 bits per heavy atom. The summed E-state index contributed by atoms with van der Waals surface area (Å²) in [6.07, 6.45) is 3.17. The summed E-state index contributed by atoms with van der Waals surface area (Å²) < 4.78 is 12.0. The molecule has 20 heavy (non-hydrogen) atoms. The molecule has 0 spiro atoms. The van der Waals surface area contributed by atoms with Gasteiger partial charge in [0.1, 0.15) is 12.2 Å². The van der Waals surface area contributed by atoms with Crippen molar-refractivity contribution in [3.05, 3.63) is 23.8 Å². The Labute approximate surface area is 122 Å². The Balaban J connectivity index is 1.99. The van der Waals surface area contributed by atoms with Crippen LogP contribution in [0.2, 0.25) is 0 Å². The van der Waals surface area contributed by atoms with Crippen LogP contribution in [0.5, 0.6) is 11.5 Å². The minimum Gasteiger partial charge on any atom is -0.488 e. The lowest BCUT2D eigenvalue weighted by molar-refractivity contribution is 0.131. The van der Waals surface area contributed by atoms with Gasteiger partial charge in [-0.05, 0) is 39.3 Å². The largest absolute Gasteiger partial charge is 0.488 e. The van der Waals surface area contributed by atoms with Crippen molar-refractivity contribution in [2.75, 3.05) is 13.2 Å². The molecule has 1 aromatic carbocycles. The normalized spacial score (nSPS) is 17.4. The zero-order chi connectivity index (χ0) is 14.6. The first kappa shape index (κ1) is 15.2. The van der Waals surface area contributed by atoms with E-state index in [0.717, 1.165) is 37.3 Å². The molecule has 0 saturated carbocycles. The summed E-state index contributed by atoms with van der Waals surface area (Å²) in [6, 6.07) is 6.59. The fraction of sp³-hybridized carbons (Fsp3) is 0.647. The molecule has 0 aliphatic carbocycles. The highest BCUT2D eigenvalue weighted by Crippen LogP contribution is 2.41. The van der Waals surface area contributed by atoms with Crippen LogP contribution in [0, 0.1) is 0 Å². The van der Waals surface area contributed by atoms with Crippen LogP contribution in [0.4, 0.5) is 0 Å². The van der Waals surface area contributed by atoms with Gasteiger partial charge in [0.25, 0.3) is 0 Å². The monoisotopic (exact) mass is 277 g/mol. The third-order valence-corrected chi connectivity index (χ3v) is 3.67. The summed E-state index contributed by atoms with van der Waals surface area (Å²) >= 11 is 0. The van der Waals surface area contributed by atoms with Gasteiger partial charge in [0.15, 0.2) is 11.5 Å². The average molecular weight is 277 g/mol. The Morgan fingerprint density at radius 1 is 1.35 bits per heavy atom. The highest BCUT2D eigenvalue weighted by molar-refractivity contribution is 5.50. The van der Waals surface area contributed by atoms with Crippen LogP contribution in [0.15, 0.2) is 18.2 Å². The standard InChI is InChI=1S/C17H27NO2/c1-5-10-18-14(6-2)12-19-15-9-7-8-13-11-17(3,4)20-16(13)15/h7-9,14,18H,5-6,10-12H2,1-4H3. The maximum Gasteiger partial charge on any atom is 0.165 e. The maximum absolute atomic E-state index is 6.03. The highest BCUT2D eigenvalue weighted by Gasteiger charge is 2.32. The number of benzene rings is 1. The van der Waals surface area contributed by atoms with Gasteiger partial charge in [0.2, 0.25) is 0 Å². The van der Waals surface area contributed by atoms with Crippen molar-refractivity contribution in [2.24, 2.45) is 0 Å². The molecule has 0 bridgehead atoms. The SMILES string of the molecule is CCCNC(CC)COc1cccc2c1OC(C)(C)C2. The molecular weight excluding hydrogens is 250 g/mol. The van der Waals surface area contributed by atoms with Crippen LogP contribution in [0.25, 0.3) is 0 Å². The van der Waals surface area contributed by atoms with Crippen molar-refractivity contribution >= 4 is 0 Å². The number of ether oxygens (including phenoxy) is 2. The first-order valence-corrected chi connectivity index (χ1v) is 7.73. The lowest BCUT2D eigenvalue weighted by atomic mass is 10.0. The van der Waals surface area contributed by atoms with Crippen LogP contribution in [0.1, 0.15) is 46.1 Å². The third-order valence-electron chi connectivity index (χ3n) is 3.67. The number of hydrogen-bond acceptors (Lipinski definition) is 3. The summed E-state index contributed by atoms with van der Waals surface area (Å²) in [7, 11) is 0. The molecule has 1 atom stereocenters. The first-order chi connectivity index (χ1) is 9.55. The molecule has 2 rings (SSSR count). The Kier molecular flexibility index (Phi) is 4.92. The van der Waals surface area contributed by atoms with E-state index in [4.69, 9.17) is 9.47 Å². The molecule has 0 radical (unpaired) electrons. The number of rotatable bonds is 7. The van der Waals surface area contributed by atoms with Crippen molar-refractivity contribution in [2.45, 2.75) is 58.6 Å².